The van der Waals surface area contributed by atoms with E-state index in [-0.39, 0.29) is 5.91 Å². The van der Waals surface area contributed by atoms with Crippen LogP contribution < -0.4 is 11.1 Å². The van der Waals surface area contributed by atoms with Gasteiger partial charge < -0.3 is 11.1 Å². The maximum atomic E-state index is 12.3. The molecule has 0 aliphatic carbocycles. The van der Waals surface area contributed by atoms with Crippen molar-refractivity contribution in [1.82, 2.24) is 15.3 Å². The van der Waals surface area contributed by atoms with Crippen molar-refractivity contribution in [3.8, 4) is 0 Å². The van der Waals surface area contributed by atoms with Crippen molar-refractivity contribution >= 4 is 33.1 Å². The number of rotatable bonds is 3. The predicted molar refractivity (Wildman–Crippen MR) is 84.2 cm³/mol. The molecule has 0 saturated heterocycles. The molecule has 3 aromatic rings. The normalized spacial score (nSPS) is 10.7. The van der Waals surface area contributed by atoms with Crippen molar-refractivity contribution in [1.29, 1.82) is 0 Å². The number of thiophene rings is 1. The van der Waals surface area contributed by atoms with Crippen LogP contribution in [0.2, 0.25) is 0 Å². The minimum Gasteiger partial charge on any atom is -0.397 e. The Morgan fingerprint density at radius 3 is 2.95 bits per heavy atom. The van der Waals surface area contributed by atoms with E-state index in [1.165, 1.54) is 11.3 Å². The first-order chi connectivity index (χ1) is 10.2. The molecule has 3 rings (SSSR count). The van der Waals surface area contributed by atoms with Gasteiger partial charge in [-0.3, -0.25) is 9.78 Å². The molecule has 0 saturated carbocycles. The molecule has 0 fully saturated rings. The number of nitrogens with one attached hydrogen (secondary N) is 1. The number of carbonyl (C=O) groups is 1. The Morgan fingerprint density at radius 2 is 2.24 bits per heavy atom. The minimum absolute atomic E-state index is 0.182. The fourth-order valence-corrected chi connectivity index (χ4v) is 3.19. The van der Waals surface area contributed by atoms with Gasteiger partial charge in [-0.05, 0) is 30.2 Å². The number of nitrogen functional groups attached to an aromatic ring is 1. The smallest absolute Gasteiger partial charge is 0.263 e. The monoisotopic (exact) mass is 298 g/mol. The van der Waals surface area contributed by atoms with Crippen LogP contribution in [0.25, 0.3) is 10.2 Å². The number of amides is 1. The number of fused-ring (bicyclic) bond motifs is 1. The maximum absolute atomic E-state index is 12.3. The third-order valence-electron chi connectivity index (χ3n) is 3.22. The van der Waals surface area contributed by atoms with E-state index in [0.29, 0.717) is 17.1 Å². The maximum Gasteiger partial charge on any atom is 0.263 e. The number of aromatic nitrogens is 2. The van der Waals surface area contributed by atoms with Gasteiger partial charge in [0.25, 0.3) is 5.91 Å². The van der Waals surface area contributed by atoms with E-state index in [2.05, 4.69) is 15.3 Å². The fraction of sp³-hybridized carbons (Fsp3) is 0.133. The van der Waals surface area contributed by atoms with Crippen LogP contribution >= 0.6 is 11.3 Å². The predicted octanol–water partition coefficient (Wildman–Crippen LogP) is 2.51. The van der Waals surface area contributed by atoms with Gasteiger partial charge in [-0.1, -0.05) is 6.07 Å². The summed E-state index contributed by atoms with van der Waals surface area (Å²) in [5.74, 6) is -0.182. The van der Waals surface area contributed by atoms with Crippen LogP contribution in [-0.4, -0.2) is 15.9 Å². The summed E-state index contributed by atoms with van der Waals surface area (Å²) in [4.78, 5) is 21.9. The number of hydrogen-bond donors (Lipinski definition) is 2. The molecule has 0 bridgehead atoms. The second-order valence-corrected chi connectivity index (χ2v) is 5.70. The standard InChI is InChI=1S/C15H14N4OS/c1-9-4-6-18-15-11(9)12(16)13(21-15)14(20)19-8-10-3-2-5-17-7-10/h2-7H,8,16H2,1H3,(H,19,20). The third-order valence-corrected chi connectivity index (χ3v) is 4.33. The Bertz CT molecular complexity index is 798. The van der Waals surface area contributed by atoms with E-state index >= 15 is 0 Å². The number of pyridine rings is 2. The highest BCUT2D eigenvalue weighted by Crippen LogP contribution is 2.34. The summed E-state index contributed by atoms with van der Waals surface area (Å²) in [5.41, 5.74) is 8.58. The van der Waals surface area contributed by atoms with Crippen LogP contribution in [0.5, 0.6) is 0 Å². The van der Waals surface area contributed by atoms with Gasteiger partial charge in [0.15, 0.2) is 0 Å². The number of hydrogen-bond acceptors (Lipinski definition) is 5. The summed E-state index contributed by atoms with van der Waals surface area (Å²) >= 11 is 1.32. The van der Waals surface area contributed by atoms with Crippen LogP contribution in [0.15, 0.2) is 36.8 Å². The molecule has 0 aliphatic heterocycles. The summed E-state index contributed by atoms with van der Waals surface area (Å²) in [6, 6.07) is 5.64. The first kappa shape index (κ1) is 13.5. The van der Waals surface area contributed by atoms with Crippen LogP contribution in [0, 0.1) is 6.92 Å². The van der Waals surface area contributed by atoms with Crippen molar-refractivity contribution in [3.05, 3.63) is 52.8 Å². The quantitative estimate of drug-likeness (QED) is 0.778. The van der Waals surface area contributed by atoms with Crippen molar-refractivity contribution in [2.75, 3.05) is 5.73 Å². The van der Waals surface area contributed by atoms with Gasteiger partial charge in [-0.25, -0.2) is 4.98 Å². The lowest BCUT2D eigenvalue weighted by atomic mass is 10.1. The second kappa shape index (κ2) is 5.49. The van der Waals surface area contributed by atoms with Gasteiger partial charge in [0.05, 0.1) is 5.69 Å². The van der Waals surface area contributed by atoms with Gasteiger partial charge in [-0.2, -0.15) is 0 Å². The molecule has 0 spiro atoms. The van der Waals surface area contributed by atoms with Crippen molar-refractivity contribution in [3.63, 3.8) is 0 Å². The highest BCUT2D eigenvalue weighted by Gasteiger charge is 2.18. The van der Waals surface area contributed by atoms with Gasteiger partial charge in [0, 0.05) is 30.5 Å². The molecule has 3 heterocycles. The number of nitrogens with zero attached hydrogens (tertiary/aromatic N) is 2. The Morgan fingerprint density at radius 1 is 1.38 bits per heavy atom. The average molecular weight is 298 g/mol. The fourth-order valence-electron chi connectivity index (χ4n) is 2.14. The summed E-state index contributed by atoms with van der Waals surface area (Å²) in [6.45, 7) is 2.39. The van der Waals surface area contributed by atoms with E-state index in [4.69, 9.17) is 5.73 Å². The number of carbonyl (C=O) groups excluding carboxylic acids is 1. The lowest BCUT2D eigenvalue weighted by molar-refractivity contribution is 0.0956. The summed E-state index contributed by atoms with van der Waals surface area (Å²) in [5, 5.41) is 3.73. The molecular formula is C15H14N4OS. The topological polar surface area (TPSA) is 80.9 Å². The SMILES string of the molecule is Cc1ccnc2sc(C(=O)NCc3cccnc3)c(N)c12. The van der Waals surface area contributed by atoms with Gasteiger partial charge >= 0.3 is 0 Å². The Hall–Kier alpha value is -2.47. The molecular weight excluding hydrogens is 284 g/mol. The minimum atomic E-state index is -0.182. The number of anilines is 1. The molecule has 0 unspecified atom stereocenters. The van der Waals surface area contributed by atoms with Crippen molar-refractivity contribution in [2.24, 2.45) is 0 Å². The summed E-state index contributed by atoms with van der Waals surface area (Å²) in [6.07, 6.45) is 5.15. The molecule has 21 heavy (non-hydrogen) atoms. The highest BCUT2D eigenvalue weighted by molar-refractivity contribution is 7.21. The lowest BCUT2D eigenvalue weighted by Crippen LogP contribution is -2.22. The first-order valence-corrected chi connectivity index (χ1v) is 7.29. The molecule has 0 aliphatic rings. The number of nitrogens with two attached hydrogens (primary N) is 1. The van der Waals surface area contributed by atoms with E-state index in [1.807, 2.05) is 25.1 Å². The molecule has 0 aromatic carbocycles. The van der Waals surface area contributed by atoms with Crippen LogP contribution in [0.1, 0.15) is 20.8 Å². The molecule has 106 valence electrons. The summed E-state index contributed by atoms with van der Waals surface area (Å²) in [7, 11) is 0. The van der Waals surface area contributed by atoms with Gasteiger partial charge in [-0.15, -0.1) is 11.3 Å². The molecule has 3 N–H and O–H groups in total. The zero-order valence-corrected chi connectivity index (χ0v) is 12.3. The van der Waals surface area contributed by atoms with Crippen LogP contribution in [-0.2, 0) is 6.54 Å². The Labute approximate surface area is 125 Å². The van der Waals surface area contributed by atoms with E-state index < -0.39 is 0 Å². The highest BCUT2D eigenvalue weighted by atomic mass is 32.1. The Kier molecular flexibility index (Phi) is 3.53. The largest absolute Gasteiger partial charge is 0.397 e. The van der Waals surface area contributed by atoms with E-state index in [1.54, 1.807) is 18.6 Å². The second-order valence-electron chi connectivity index (χ2n) is 4.70. The van der Waals surface area contributed by atoms with Gasteiger partial charge in [0.2, 0.25) is 0 Å². The summed E-state index contributed by atoms with van der Waals surface area (Å²) < 4.78 is 0. The van der Waals surface area contributed by atoms with Crippen molar-refractivity contribution < 1.29 is 4.79 Å². The molecule has 3 aromatic heterocycles. The van der Waals surface area contributed by atoms with Crippen LogP contribution in [0.4, 0.5) is 5.69 Å². The zero-order chi connectivity index (χ0) is 14.8. The molecule has 0 atom stereocenters. The molecule has 5 nitrogen and oxygen atoms in total. The third kappa shape index (κ3) is 2.57. The zero-order valence-electron chi connectivity index (χ0n) is 11.5. The van der Waals surface area contributed by atoms with Crippen LogP contribution in [0.3, 0.4) is 0 Å². The average Bonchev–Trinajstić information content (AvgIpc) is 2.84. The molecule has 0 radical (unpaired) electrons. The first-order valence-electron chi connectivity index (χ1n) is 6.47. The molecule has 6 heteroatoms. The molecule has 1 amide bonds. The lowest BCUT2D eigenvalue weighted by Gasteiger charge is -2.04. The van der Waals surface area contributed by atoms with Gasteiger partial charge in [0.1, 0.15) is 9.71 Å². The van der Waals surface area contributed by atoms with Crippen molar-refractivity contribution in [2.45, 2.75) is 13.5 Å². The van der Waals surface area contributed by atoms with E-state index in [9.17, 15) is 4.79 Å². The number of aryl methyl sites for hydroxylation is 1. The van der Waals surface area contributed by atoms with E-state index in [0.717, 1.165) is 21.3 Å². The Balaban J connectivity index is 1.85.